The molecule has 0 aliphatic heterocycles. The van der Waals surface area contributed by atoms with E-state index in [1.165, 1.54) is 0 Å². The van der Waals surface area contributed by atoms with Gasteiger partial charge in [0.2, 0.25) is 41.1 Å². The molecule has 13 N–H and O–H groups in total. The van der Waals surface area contributed by atoms with E-state index in [9.17, 15) is 38.4 Å². The number of Topliss-reactive ketones (excluding diaryl/α,β-unsaturated/α-hetero) is 2. The normalized spacial score (nSPS) is 12.4. The minimum Gasteiger partial charge on any atom is -0.444 e. The molecule has 0 rings (SSSR count). The van der Waals surface area contributed by atoms with Crippen LogP contribution >= 0.6 is 0 Å². The van der Waals surface area contributed by atoms with Gasteiger partial charge in [-0.05, 0) is 52.5 Å². The molecule has 0 saturated heterocycles. The van der Waals surface area contributed by atoms with Gasteiger partial charge in [-0.25, -0.2) is 4.79 Å². The van der Waals surface area contributed by atoms with Crippen LogP contribution in [0.2, 0.25) is 0 Å². The van der Waals surface area contributed by atoms with Crippen LogP contribution < -0.4 is 54.4 Å². The van der Waals surface area contributed by atoms with Crippen molar-refractivity contribution < 1.29 is 43.1 Å². The van der Waals surface area contributed by atoms with Crippen molar-refractivity contribution in [3.05, 3.63) is 0 Å². The van der Waals surface area contributed by atoms with Gasteiger partial charge < -0.3 is 53.8 Å². The van der Waals surface area contributed by atoms with Crippen molar-refractivity contribution in [2.24, 2.45) is 23.1 Å². The molecule has 0 fully saturated rings. The number of rotatable bonds is 21. The number of hydrogen-bond acceptors (Lipinski definition) is 13. The number of ketones is 2. The maximum atomic E-state index is 12.8. The van der Waals surface area contributed by atoms with E-state index in [4.69, 9.17) is 21.9 Å². The minimum atomic E-state index is -1.15. The Balaban J connectivity index is 4.49. The summed E-state index contributed by atoms with van der Waals surface area (Å²) in [5.41, 5.74) is 15.9. The lowest BCUT2D eigenvalue weighted by molar-refractivity contribution is -0.139. The molecule has 0 radical (unpaired) electrons. The predicted molar refractivity (Wildman–Crippen MR) is 165 cm³/mol. The van der Waals surface area contributed by atoms with E-state index in [-0.39, 0.29) is 18.8 Å². The zero-order valence-electron chi connectivity index (χ0n) is 27.1. The first-order valence-corrected chi connectivity index (χ1v) is 14.7. The van der Waals surface area contributed by atoms with Crippen molar-refractivity contribution in [2.75, 3.05) is 39.3 Å². The fraction of sp³-hybridized carbons (Fsp3) is 0.704. The lowest BCUT2D eigenvalue weighted by Gasteiger charge is -2.21. The number of ether oxygens (including phenoxy) is 1. The third-order valence-electron chi connectivity index (χ3n) is 5.60. The molecule has 262 valence electrons. The monoisotopic (exact) mass is 658 g/mol. The van der Waals surface area contributed by atoms with Crippen molar-refractivity contribution >= 4 is 47.2 Å². The lowest BCUT2D eigenvalue weighted by atomic mass is 9.97. The van der Waals surface area contributed by atoms with Crippen molar-refractivity contribution in [1.82, 2.24) is 37.2 Å². The topological polar surface area (TPSA) is 308 Å². The average Bonchev–Trinajstić information content (AvgIpc) is 2.95. The van der Waals surface area contributed by atoms with Crippen molar-refractivity contribution in [3.63, 3.8) is 0 Å². The van der Waals surface area contributed by atoms with Gasteiger partial charge in [0.15, 0.2) is 0 Å². The van der Waals surface area contributed by atoms with Gasteiger partial charge in [-0.15, -0.1) is 0 Å². The van der Waals surface area contributed by atoms with E-state index in [0.29, 0.717) is 13.0 Å². The number of nitrogens with one attached hydrogen (secondary N) is 7. The van der Waals surface area contributed by atoms with Crippen molar-refractivity contribution in [3.8, 4) is 0 Å². The molecule has 0 aromatic rings. The van der Waals surface area contributed by atoms with Crippen LogP contribution in [0.25, 0.3) is 0 Å². The summed E-state index contributed by atoms with van der Waals surface area (Å²) in [6.45, 7) is 6.31. The highest BCUT2D eigenvalue weighted by molar-refractivity contribution is 6.40. The molecule has 19 nitrogen and oxygen atoms in total. The highest BCUT2D eigenvalue weighted by Gasteiger charge is 2.29. The number of alkyl carbamates (subject to hydrolysis) is 1. The van der Waals surface area contributed by atoms with E-state index in [1.54, 1.807) is 34.6 Å². The van der Waals surface area contributed by atoms with E-state index < -0.39 is 104 Å². The standard InChI is InChI=1S/C27H50N10O9/c1-15(2)9-17(37-24(44)16(28)7-6-8-31-25(29)30)23(43)18(38)10-32-19(39)11-33-20(40)12-34-21(41)13-35-22(42)14-36-26(45)46-27(3,4)5/h15-17,25,31H,6-14,28-30H2,1-5H3,(H,32,39)(H,33,40)(H,34,41)(H,35,42)(H,36,45)(H,37,44)/t16-,17-/m0/s1. The second kappa shape index (κ2) is 21.5. The molecule has 0 aliphatic rings. The molecular formula is C27H50N10O9. The van der Waals surface area contributed by atoms with Gasteiger partial charge in [0.05, 0.1) is 38.3 Å². The van der Waals surface area contributed by atoms with Crippen LogP contribution in [0, 0.1) is 5.92 Å². The van der Waals surface area contributed by atoms with Crippen LogP contribution in [0.4, 0.5) is 4.79 Å². The molecule has 0 aliphatic carbocycles. The average molecular weight is 659 g/mol. The Labute approximate surface area is 268 Å². The number of amides is 6. The molecule has 2 atom stereocenters. The Morgan fingerprint density at radius 1 is 0.696 bits per heavy atom. The summed E-state index contributed by atoms with van der Waals surface area (Å²) >= 11 is 0. The second-order valence-electron chi connectivity index (χ2n) is 11.7. The molecule has 0 unspecified atom stereocenters. The second-order valence-corrected chi connectivity index (χ2v) is 11.7. The van der Waals surface area contributed by atoms with Crippen molar-refractivity contribution in [1.29, 1.82) is 0 Å². The molecule has 0 heterocycles. The van der Waals surface area contributed by atoms with Gasteiger partial charge in [-0.3, -0.25) is 38.9 Å². The highest BCUT2D eigenvalue weighted by atomic mass is 16.6. The summed E-state index contributed by atoms with van der Waals surface area (Å²) < 4.78 is 4.98. The van der Waals surface area contributed by atoms with E-state index in [1.807, 2.05) is 0 Å². The van der Waals surface area contributed by atoms with Crippen LogP contribution in [-0.4, -0.2) is 110 Å². The molecule has 46 heavy (non-hydrogen) atoms. The summed E-state index contributed by atoms with van der Waals surface area (Å²) in [5.74, 6) is -5.47. The Bertz CT molecular complexity index is 1080. The summed E-state index contributed by atoms with van der Waals surface area (Å²) in [4.78, 5) is 96.9. The number of carbonyl (C=O) groups is 8. The summed E-state index contributed by atoms with van der Waals surface area (Å²) in [6, 6.07) is -2.08. The molecule has 19 heteroatoms. The molecule has 6 amide bonds. The number of hydrogen-bond donors (Lipinski definition) is 10. The summed E-state index contributed by atoms with van der Waals surface area (Å²) in [6.07, 6.45) is -0.581. The van der Waals surface area contributed by atoms with Crippen LogP contribution in [0.3, 0.4) is 0 Å². The van der Waals surface area contributed by atoms with Crippen LogP contribution in [-0.2, 0) is 38.3 Å². The molecule has 0 spiro atoms. The van der Waals surface area contributed by atoms with E-state index >= 15 is 0 Å². The van der Waals surface area contributed by atoms with Gasteiger partial charge in [-0.2, -0.15) is 0 Å². The van der Waals surface area contributed by atoms with Gasteiger partial charge in [0.1, 0.15) is 18.4 Å². The van der Waals surface area contributed by atoms with Crippen molar-refractivity contribution in [2.45, 2.75) is 77.9 Å². The Morgan fingerprint density at radius 2 is 1.15 bits per heavy atom. The maximum absolute atomic E-state index is 12.8. The Kier molecular flexibility index (Phi) is 19.6. The van der Waals surface area contributed by atoms with Crippen LogP contribution in [0.1, 0.15) is 53.9 Å². The number of carbonyl (C=O) groups excluding carboxylic acids is 8. The van der Waals surface area contributed by atoms with E-state index in [2.05, 4.69) is 37.2 Å². The highest BCUT2D eigenvalue weighted by Crippen LogP contribution is 2.08. The smallest absolute Gasteiger partial charge is 0.408 e. The predicted octanol–water partition coefficient (Wildman–Crippen LogP) is -4.46. The first-order chi connectivity index (χ1) is 21.3. The largest absolute Gasteiger partial charge is 0.444 e. The quantitative estimate of drug-likeness (QED) is 0.0316. The van der Waals surface area contributed by atoms with Gasteiger partial charge >= 0.3 is 6.09 Å². The van der Waals surface area contributed by atoms with Gasteiger partial charge in [0.25, 0.3) is 0 Å². The van der Waals surface area contributed by atoms with Gasteiger partial charge in [0, 0.05) is 0 Å². The molecule has 0 saturated carbocycles. The van der Waals surface area contributed by atoms with Crippen LogP contribution in [0.5, 0.6) is 0 Å². The Hall–Kier alpha value is -4.20. The van der Waals surface area contributed by atoms with E-state index in [0.717, 1.165) is 0 Å². The molecule has 0 aromatic heterocycles. The fourth-order valence-corrected chi connectivity index (χ4v) is 3.42. The summed E-state index contributed by atoms with van der Waals surface area (Å²) in [5, 5.41) is 16.4. The minimum absolute atomic E-state index is 0.0590. The van der Waals surface area contributed by atoms with Gasteiger partial charge in [-0.1, -0.05) is 13.8 Å². The first-order valence-electron chi connectivity index (χ1n) is 14.7. The zero-order chi connectivity index (χ0) is 35.4. The number of nitrogens with two attached hydrogens (primary N) is 3. The third kappa shape index (κ3) is 21.5. The SMILES string of the molecule is CC(C)C[C@H](NC(=O)[C@@H](N)CCCNC(N)N)C(=O)C(=O)CNC(=O)CNC(=O)CNC(=O)CNC(=O)CNC(=O)OC(C)(C)C. The summed E-state index contributed by atoms with van der Waals surface area (Å²) in [7, 11) is 0. The Morgan fingerprint density at radius 3 is 1.59 bits per heavy atom. The molecular weight excluding hydrogens is 608 g/mol. The zero-order valence-corrected chi connectivity index (χ0v) is 27.1. The molecule has 0 bridgehead atoms. The fourth-order valence-electron chi connectivity index (χ4n) is 3.42. The maximum Gasteiger partial charge on any atom is 0.408 e. The molecule has 0 aromatic carbocycles. The third-order valence-corrected chi connectivity index (χ3v) is 5.60. The van der Waals surface area contributed by atoms with Crippen LogP contribution in [0.15, 0.2) is 0 Å². The first kappa shape index (κ1) is 41.8. The lowest BCUT2D eigenvalue weighted by Crippen LogP contribution is -2.52.